The van der Waals surface area contributed by atoms with Crippen LogP contribution in [0.5, 0.6) is 0 Å². The van der Waals surface area contributed by atoms with Crippen molar-refractivity contribution in [3.05, 3.63) is 17.2 Å². The minimum Gasteiger partial charge on any atom is -0.395 e. The SMILES string of the molecule is Cc1[nH]c(C2(CO)COC2)nc1C1CCCC1. The number of hydrogen-bond donors (Lipinski definition) is 2. The molecule has 2 N–H and O–H groups in total. The molecule has 94 valence electrons. The van der Waals surface area contributed by atoms with Crippen molar-refractivity contribution in [3.8, 4) is 0 Å². The molecule has 2 aliphatic rings. The van der Waals surface area contributed by atoms with Crippen molar-refractivity contribution >= 4 is 0 Å². The molecule has 4 nitrogen and oxygen atoms in total. The zero-order chi connectivity index (χ0) is 11.9. The molecule has 4 heteroatoms. The molecule has 3 rings (SSSR count). The first-order valence-electron chi connectivity index (χ1n) is 6.51. The smallest absolute Gasteiger partial charge is 0.119 e. The Kier molecular flexibility index (Phi) is 2.71. The summed E-state index contributed by atoms with van der Waals surface area (Å²) in [5.41, 5.74) is 2.13. The fourth-order valence-electron chi connectivity index (χ4n) is 2.97. The number of aryl methyl sites for hydroxylation is 1. The Morgan fingerprint density at radius 1 is 1.41 bits per heavy atom. The van der Waals surface area contributed by atoms with Crippen molar-refractivity contribution in [1.82, 2.24) is 9.97 Å². The molecule has 2 heterocycles. The van der Waals surface area contributed by atoms with Crippen molar-refractivity contribution in [1.29, 1.82) is 0 Å². The van der Waals surface area contributed by atoms with E-state index in [-0.39, 0.29) is 12.0 Å². The van der Waals surface area contributed by atoms with E-state index >= 15 is 0 Å². The monoisotopic (exact) mass is 236 g/mol. The van der Waals surface area contributed by atoms with E-state index in [0.717, 1.165) is 5.82 Å². The zero-order valence-electron chi connectivity index (χ0n) is 10.3. The number of hydrogen-bond acceptors (Lipinski definition) is 3. The summed E-state index contributed by atoms with van der Waals surface area (Å²) >= 11 is 0. The number of aromatic nitrogens is 2. The fraction of sp³-hybridized carbons (Fsp3) is 0.769. The van der Waals surface area contributed by atoms with E-state index in [9.17, 15) is 5.11 Å². The minimum absolute atomic E-state index is 0.115. The largest absolute Gasteiger partial charge is 0.395 e. The van der Waals surface area contributed by atoms with Gasteiger partial charge in [-0.05, 0) is 19.8 Å². The van der Waals surface area contributed by atoms with Crippen LogP contribution in [0.3, 0.4) is 0 Å². The molecule has 1 saturated carbocycles. The number of rotatable bonds is 3. The first kappa shape index (κ1) is 11.2. The van der Waals surface area contributed by atoms with Crippen LogP contribution in [0.25, 0.3) is 0 Å². The lowest BCUT2D eigenvalue weighted by Crippen LogP contribution is -2.50. The minimum atomic E-state index is -0.262. The maximum absolute atomic E-state index is 9.52. The van der Waals surface area contributed by atoms with Gasteiger partial charge < -0.3 is 14.8 Å². The van der Waals surface area contributed by atoms with Gasteiger partial charge in [-0.3, -0.25) is 0 Å². The predicted octanol–water partition coefficient (Wildman–Crippen LogP) is 1.64. The first-order valence-corrected chi connectivity index (χ1v) is 6.51. The van der Waals surface area contributed by atoms with Gasteiger partial charge in [0.25, 0.3) is 0 Å². The van der Waals surface area contributed by atoms with Gasteiger partial charge in [0.05, 0.1) is 30.9 Å². The number of aliphatic hydroxyl groups excluding tert-OH is 1. The molecular formula is C13H20N2O2. The molecule has 0 unspecified atom stereocenters. The van der Waals surface area contributed by atoms with Gasteiger partial charge in [-0.25, -0.2) is 4.98 Å². The number of aromatic amines is 1. The van der Waals surface area contributed by atoms with E-state index in [1.807, 2.05) is 0 Å². The van der Waals surface area contributed by atoms with Crippen LogP contribution in [0.4, 0.5) is 0 Å². The molecule has 0 amide bonds. The number of imidazole rings is 1. The summed E-state index contributed by atoms with van der Waals surface area (Å²) in [6.07, 6.45) is 5.16. The van der Waals surface area contributed by atoms with Crippen molar-refractivity contribution in [3.63, 3.8) is 0 Å². The van der Waals surface area contributed by atoms with Crippen molar-refractivity contribution in [2.75, 3.05) is 19.8 Å². The van der Waals surface area contributed by atoms with Crippen LogP contribution in [0, 0.1) is 6.92 Å². The summed E-state index contributed by atoms with van der Waals surface area (Å²) in [7, 11) is 0. The van der Waals surface area contributed by atoms with Crippen molar-refractivity contribution in [2.24, 2.45) is 0 Å². The first-order chi connectivity index (χ1) is 8.25. The Labute approximate surface area is 101 Å². The molecule has 1 aromatic rings. The summed E-state index contributed by atoms with van der Waals surface area (Å²) in [5.74, 6) is 1.54. The van der Waals surface area contributed by atoms with Gasteiger partial charge in [0, 0.05) is 11.6 Å². The van der Waals surface area contributed by atoms with Crippen LogP contribution in [-0.4, -0.2) is 34.9 Å². The van der Waals surface area contributed by atoms with E-state index in [1.54, 1.807) is 0 Å². The second kappa shape index (κ2) is 4.10. The number of aliphatic hydroxyl groups is 1. The quantitative estimate of drug-likeness (QED) is 0.838. The standard InChI is InChI=1S/C13H20N2O2/c1-9-11(10-4-2-3-5-10)15-12(14-9)13(6-16)7-17-8-13/h10,16H,2-8H2,1H3,(H,14,15). The van der Waals surface area contributed by atoms with Gasteiger partial charge in [0.2, 0.25) is 0 Å². The molecule has 1 aromatic heterocycles. The lowest BCUT2D eigenvalue weighted by Gasteiger charge is -2.37. The molecule has 1 aliphatic heterocycles. The third kappa shape index (κ3) is 1.70. The van der Waals surface area contributed by atoms with Crippen LogP contribution >= 0.6 is 0 Å². The molecule has 1 saturated heterocycles. The zero-order valence-corrected chi connectivity index (χ0v) is 10.3. The molecule has 0 aromatic carbocycles. The van der Waals surface area contributed by atoms with Crippen LogP contribution in [0.15, 0.2) is 0 Å². The third-order valence-electron chi connectivity index (χ3n) is 4.23. The summed E-state index contributed by atoms with van der Waals surface area (Å²) in [4.78, 5) is 8.13. The number of nitrogens with one attached hydrogen (secondary N) is 1. The summed E-state index contributed by atoms with van der Waals surface area (Å²) in [5, 5.41) is 9.52. The predicted molar refractivity (Wildman–Crippen MR) is 64.1 cm³/mol. The fourth-order valence-corrected chi connectivity index (χ4v) is 2.97. The summed E-state index contributed by atoms with van der Waals surface area (Å²) in [6.45, 7) is 3.37. The van der Waals surface area contributed by atoms with Crippen LogP contribution in [-0.2, 0) is 10.2 Å². The normalized spacial score (nSPS) is 23.9. The van der Waals surface area contributed by atoms with Gasteiger partial charge in [0.1, 0.15) is 5.82 Å². The Morgan fingerprint density at radius 3 is 2.65 bits per heavy atom. The van der Waals surface area contributed by atoms with E-state index in [1.165, 1.54) is 37.1 Å². The van der Waals surface area contributed by atoms with E-state index in [0.29, 0.717) is 19.1 Å². The second-order valence-electron chi connectivity index (χ2n) is 5.51. The molecule has 17 heavy (non-hydrogen) atoms. The summed E-state index contributed by atoms with van der Waals surface area (Å²) in [6, 6.07) is 0. The Bertz CT molecular complexity index is 398. The van der Waals surface area contributed by atoms with Crippen LogP contribution in [0.2, 0.25) is 0 Å². The molecule has 1 aliphatic carbocycles. The maximum Gasteiger partial charge on any atom is 0.119 e. The number of nitrogens with zero attached hydrogens (tertiary/aromatic N) is 1. The van der Waals surface area contributed by atoms with E-state index in [4.69, 9.17) is 9.72 Å². The van der Waals surface area contributed by atoms with Crippen LogP contribution in [0.1, 0.15) is 48.8 Å². The number of ether oxygens (including phenoxy) is 1. The molecule has 0 spiro atoms. The van der Waals surface area contributed by atoms with Gasteiger partial charge in [0.15, 0.2) is 0 Å². The molecule has 0 bridgehead atoms. The van der Waals surface area contributed by atoms with E-state index in [2.05, 4.69) is 11.9 Å². The Balaban J connectivity index is 1.89. The molecular weight excluding hydrogens is 216 g/mol. The lowest BCUT2D eigenvalue weighted by atomic mass is 9.86. The average molecular weight is 236 g/mol. The summed E-state index contributed by atoms with van der Waals surface area (Å²) < 4.78 is 5.24. The van der Waals surface area contributed by atoms with Crippen LogP contribution < -0.4 is 0 Å². The highest BCUT2D eigenvalue weighted by molar-refractivity contribution is 5.24. The van der Waals surface area contributed by atoms with Gasteiger partial charge in [-0.15, -0.1) is 0 Å². The maximum atomic E-state index is 9.52. The van der Waals surface area contributed by atoms with E-state index < -0.39 is 0 Å². The number of H-pyrrole nitrogens is 1. The molecule has 0 atom stereocenters. The van der Waals surface area contributed by atoms with Gasteiger partial charge in [-0.2, -0.15) is 0 Å². The topological polar surface area (TPSA) is 58.1 Å². The third-order valence-corrected chi connectivity index (χ3v) is 4.23. The van der Waals surface area contributed by atoms with Gasteiger partial charge >= 0.3 is 0 Å². The molecule has 0 radical (unpaired) electrons. The second-order valence-corrected chi connectivity index (χ2v) is 5.51. The highest BCUT2D eigenvalue weighted by Crippen LogP contribution is 2.37. The Morgan fingerprint density at radius 2 is 2.12 bits per heavy atom. The average Bonchev–Trinajstić information content (AvgIpc) is 2.86. The highest BCUT2D eigenvalue weighted by atomic mass is 16.5. The van der Waals surface area contributed by atoms with Gasteiger partial charge in [-0.1, -0.05) is 12.8 Å². The Hall–Kier alpha value is -0.870. The molecule has 2 fully saturated rings. The lowest BCUT2D eigenvalue weighted by molar-refractivity contribution is -0.0881. The van der Waals surface area contributed by atoms with Crippen molar-refractivity contribution in [2.45, 2.75) is 43.9 Å². The van der Waals surface area contributed by atoms with Crippen molar-refractivity contribution < 1.29 is 9.84 Å². The highest BCUT2D eigenvalue weighted by Gasteiger charge is 2.43.